The number of hydrogen-bond acceptors (Lipinski definition) is 6. The smallest absolute Gasteiger partial charge is 0.344 e. The predicted octanol–water partition coefficient (Wildman–Crippen LogP) is 5.25. The number of anilines is 1. The monoisotopic (exact) mass is 526 g/mol. The van der Waals surface area contributed by atoms with E-state index in [2.05, 4.69) is 21.2 Å². The number of rotatable bonds is 8. The Bertz CT molecular complexity index is 1070. The van der Waals surface area contributed by atoms with E-state index in [4.69, 9.17) is 37.4 Å². The third-order valence-electron chi connectivity index (χ3n) is 3.78. The van der Waals surface area contributed by atoms with Gasteiger partial charge in [-0.1, -0.05) is 39.1 Å². The van der Waals surface area contributed by atoms with Crippen LogP contribution in [0, 0.1) is 11.3 Å². The highest BCUT2D eigenvalue weighted by atomic mass is 79.9. The summed E-state index contributed by atoms with van der Waals surface area (Å²) in [5, 5.41) is 12.7. The lowest BCUT2D eigenvalue weighted by Crippen LogP contribution is -2.15. The van der Waals surface area contributed by atoms with E-state index in [-0.39, 0.29) is 23.8 Å². The van der Waals surface area contributed by atoms with E-state index in [1.54, 1.807) is 25.1 Å². The maximum Gasteiger partial charge on any atom is 0.344 e. The molecule has 0 aliphatic rings. The number of esters is 1. The zero-order valence-corrected chi connectivity index (χ0v) is 19.6. The summed E-state index contributed by atoms with van der Waals surface area (Å²) >= 11 is 15.2. The van der Waals surface area contributed by atoms with Gasteiger partial charge in [0.15, 0.2) is 18.1 Å². The van der Waals surface area contributed by atoms with Gasteiger partial charge in [-0.3, -0.25) is 4.79 Å². The van der Waals surface area contributed by atoms with E-state index in [9.17, 15) is 14.9 Å². The minimum atomic E-state index is -0.630. The van der Waals surface area contributed by atoms with Gasteiger partial charge in [0.2, 0.25) is 0 Å². The van der Waals surface area contributed by atoms with Gasteiger partial charge < -0.3 is 19.5 Å². The minimum Gasteiger partial charge on any atom is -0.493 e. The fraction of sp³-hybridized carbons (Fsp3) is 0.190. The topological polar surface area (TPSA) is 97.7 Å². The second-order valence-electron chi connectivity index (χ2n) is 5.87. The van der Waals surface area contributed by atoms with Crippen molar-refractivity contribution in [3.63, 3.8) is 0 Å². The third kappa shape index (κ3) is 6.89. The van der Waals surface area contributed by atoms with Crippen LogP contribution in [0.5, 0.6) is 11.5 Å². The molecule has 0 saturated carbocycles. The molecule has 0 heterocycles. The van der Waals surface area contributed by atoms with Gasteiger partial charge in [-0.2, -0.15) is 5.26 Å². The van der Waals surface area contributed by atoms with Crippen molar-refractivity contribution < 1.29 is 23.8 Å². The van der Waals surface area contributed by atoms with Crippen molar-refractivity contribution in [2.24, 2.45) is 0 Å². The molecule has 162 valence electrons. The Hall–Kier alpha value is -2.73. The second kappa shape index (κ2) is 11.6. The van der Waals surface area contributed by atoms with E-state index in [1.807, 2.05) is 6.07 Å². The van der Waals surface area contributed by atoms with Crippen LogP contribution in [0.4, 0.5) is 5.69 Å². The van der Waals surface area contributed by atoms with Crippen LogP contribution in [0.2, 0.25) is 10.0 Å². The van der Waals surface area contributed by atoms with E-state index in [1.165, 1.54) is 25.3 Å². The number of nitriles is 1. The van der Waals surface area contributed by atoms with Crippen LogP contribution < -0.4 is 14.8 Å². The molecule has 2 aromatic rings. The third-order valence-corrected chi connectivity index (χ3v) is 5.20. The Balaban J connectivity index is 2.26. The summed E-state index contributed by atoms with van der Waals surface area (Å²) in [6.07, 6.45) is 1.38. The lowest BCUT2D eigenvalue weighted by atomic mass is 10.1. The standard InChI is InChI=1S/C21H17BrCl2N2O5/c1-3-30-20(27)11-31-19-9-15(22)12(7-18(19)29-2)6-13(10-25)21(28)26-14-4-5-16(23)17(24)8-14/h4-9H,3,11H2,1-2H3,(H,26,28)/b13-6+. The Morgan fingerprint density at radius 3 is 2.55 bits per heavy atom. The molecule has 0 fully saturated rings. The fourth-order valence-corrected chi connectivity index (χ4v) is 3.08. The molecule has 0 radical (unpaired) electrons. The summed E-state index contributed by atoms with van der Waals surface area (Å²) in [6.45, 7) is 1.65. The number of methoxy groups -OCH3 is 1. The first-order valence-electron chi connectivity index (χ1n) is 8.83. The Morgan fingerprint density at radius 1 is 1.19 bits per heavy atom. The first-order valence-corrected chi connectivity index (χ1v) is 10.4. The normalized spacial score (nSPS) is 10.8. The lowest BCUT2D eigenvalue weighted by molar-refractivity contribution is -0.145. The number of nitrogens with one attached hydrogen (secondary N) is 1. The van der Waals surface area contributed by atoms with Crippen LogP contribution >= 0.6 is 39.1 Å². The summed E-state index contributed by atoms with van der Waals surface area (Å²) < 4.78 is 16.1. The van der Waals surface area contributed by atoms with Crippen LogP contribution in [0.1, 0.15) is 12.5 Å². The van der Waals surface area contributed by atoms with Gasteiger partial charge in [0.1, 0.15) is 11.6 Å². The highest BCUT2D eigenvalue weighted by molar-refractivity contribution is 9.10. The fourth-order valence-electron chi connectivity index (χ4n) is 2.35. The van der Waals surface area contributed by atoms with Crippen LogP contribution in [0.25, 0.3) is 6.08 Å². The maximum absolute atomic E-state index is 12.5. The number of halogens is 3. The van der Waals surface area contributed by atoms with Gasteiger partial charge in [0.05, 0.1) is 23.8 Å². The zero-order valence-electron chi connectivity index (χ0n) is 16.5. The SMILES string of the molecule is CCOC(=O)COc1cc(Br)c(/C=C(\C#N)C(=O)Nc2ccc(Cl)c(Cl)c2)cc1OC. The van der Waals surface area contributed by atoms with Crippen LogP contribution in [0.3, 0.4) is 0 Å². The van der Waals surface area contributed by atoms with E-state index in [0.717, 1.165) is 0 Å². The molecule has 0 spiro atoms. The average molecular weight is 528 g/mol. The molecule has 0 aromatic heterocycles. The lowest BCUT2D eigenvalue weighted by Gasteiger charge is -2.12. The summed E-state index contributed by atoms with van der Waals surface area (Å²) in [6, 6.07) is 9.57. The average Bonchev–Trinajstić information content (AvgIpc) is 2.74. The molecule has 1 amide bonds. The Morgan fingerprint density at radius 2 is 1.94 bits per heavy atom. The molecule has 2 aromatic carbocycles. The molecule has 2 rings (SSSR count). The molecule has 0 aliphatic carbocycles. The molecular formula is C21H17BrCl2N2O5. The molecule has 0 saturated heterocycles. The second-order valence-corrected chi connectivity index (χ2v) is 7.54. The number of hydrogen-bond donors (Lipinski definition) is 1. The van der Waals surface area contributed by atoms with Crippen molar-refractivity contribution in [2.45, 2.75) is 6.92 Å². The molecule has 0 unspecified atom stereocenters. The molecular weight excluding hydrogens is 511 g/mol. The van der Waals surface area contributed by atoms with Crippen molar-refractivity contribution in [1.29, 1.82) is 5.26 Å². The number of benzene rings is 2. The van der Waals surface area contributed by atoms with Crippen LogP contribution in [-0.4, -0.2) is 32.2 Å². The Labute approximate surface area is 197 Å². The summed E-state index contributed by atoms with van der Waals surface area (Å²) in [4.78, 5) is 24.0. The molecule has 0 aliphatic heterocycles. The van der Waals surface area contributed by atoms with Crippen molar-refractivity contribution in [1.82, 2.24) is 0 Å². The van der Waals surface area contributed by atoms with Gasteiger partial charge in [-0.25, -0.2) is 4.79 Å². The van der Waals surface area contributed by atoms with Crippen molar-refractivity contribution in [3.05, 3.63) is 56.0 Å². The largest absolute Gasteiger partial charge is 0.493 e. The minimum absolute atomic E-state index is 0.158. The number of nitrogens with zero attached hydrogens (tertiary/aromatic N) is 1. The summed E-state index contributed by atoms with van der Waals surface area (Å²) in [7, 11) is 1.43. The van der Waals surface area contributed by atoms with E-state index < -0.39 is 11.9 Å². The van der Waals surface area contributed by atoms with Gasteiger partial charge in [-0.05, 0) is 48.9 Å². The molecule has 10 heteroatoms. The first kappa shape index (κ1) is 24.5. The molecule has 0 atom stereocenters. The van der Waals surface area contributed by atoms with Crippen LogP contribution in [-0.2, 0) is 14.3 Å². The molecule has 7 nitrogen and oxygen atoms in total. The quantitative estimate of drug-likeness (QED) is 0.286. The number of ether oxygens (including phenoxy) is 3. The number of carbonyl (C=O) groups is 2. The first-order chi connectivity index (χ1) is 14.8. The van der Waals surface area contributed by atoms with Crippen molar-refractivity contribution in [2.75, 3.05) is 25.6 Å². The molecule has 0 bridgehead atoms. The summed E-state index contributed by atoms with van der Waals surface area (Å²) in [5.74, 6) is -0.552. The number of amides is 1. The van der Waals surface area contributed by atoms with Gasteiger partial charge in [0.25, 0.3) is 5.91 Å². The van der Waals surface area contributed by atoms with Crippen LogP contribution in [0.15, 0.2) is 40.4 Å². The van der Waals surface area contributed by atoms with Gasteiger partial charge in [0, 0.05) is 10.2 Å². The maximum atomic E-state index is 12.5. The van der Waals surface area contributed by atoms with E-state index >= 15 is 0 Å². The Kier molecular flexibility index (Phi) is 9.19. The van der Waals surface area contributed by atoms with E-state index in [0.29, 0.717) is 32.2 Å². The summed E-state index contributed by atoms with van der Waals surface area (Å²) in [5.41, 5.74) is 0.718. The highest BCUT2D eigenvalue weighted by Gasteiger charge is 2.15. The van der Waals surface area contributed by atoms with Crippen molar-refractivity contribution in [3.8, 4) is 17.6 Å². The number of carbonyl (C=O) groups excluding carboxylic acids is 2. The molecule has 31 heavy (non-hydrogen) atoms. The predicted molar refractivity (Wildman–Crippen MR) is 122 cm³/mol. The zero-order chi connectivity index (χ0) is 23.0. The molecule has 1 N–H and O–H groups in total. The van der Waals surface area contributed by atoms with Gasteiger partial charge in [-0.15, -0.1) is 0 Å². The van der Waals surface area contributed by atoms with Crippen molar-refractivity contribution >= 4 is 62.8 Å². The highest BCUT2D eigenvalue weighted by Crippen LogP contribution is 2.35. The van der Waals surface area contributed by atoms with Gasteiger partial charge >= 0.3 is 5.97 Å².